The topological polar surface area (TPSA) is 77.0 Å². The maximum absolute atomic E-state index is 12.8. The van der Waals surface area contributed by atoms with Gasteiger partial charge in [-0.2, -0.15) is 0 Å². The van der Waals surface area contributed by atoms with Crippen LogP contribution in [0.4, 0.5) is 0 Å². The second-order valence-electron chi connectivity index (χ2n) is 6.20. The quantitative estimate of drug-likeness (QED) is 0.709. The van der Waals surface area contributed by atoms with Crippen molar-refractivity contribution in [2.75, 3.05) is 19.6 Å². The molecule has 2 aromatic carbocycles. The molecule has 0 radical (unpaired) electrons. The Labute approximate surface area is 153 Å². The Morgan fingerprint density at radius 2 is 1.92 bits per heavy atom. The van der Waals surface area contributed by atoms with Crippen LogP contribution in [0.2, 0.25) is 0 Å². The number of amides is 1. The second-order valence-corrected chi connectivity index (χ2v) is 6.20. The van der Waals surface area contributed by atoms with Crippen LogP contribution in [0.15, 0.2) is 60.8 Å². The standard InChI is InChI=1S/C20H23N5O/c1-16-6-5-9-18(14-16)25-15-19(22-23-25)20(26)24(13-11-21)12-10-17-7-3-2-4-8-17/h2-9,14-15H,10-13,21H2,1H3. The zero-order chi connectivity index (χ0) is 18.4. The van der Waals surface area contributed by atoms with Crippen LogP contribution in [-0.2, 0) is 6.42 Å². The maximum Gasteiger partial charge on any atom is 0.276 e. The third-order valence-electron chi connectivity index (χ3n) is 4.18. The minimum Gasteiger partial charge on any atom is -0.336 e. The fraction of sp³-hybridized carbons (Fsp3) is 0.250. The summed E-state index contributed by atoms with van der Waals surface area (Å²) in [5.74, 6) is -0.148. The predicted molar refractivity (Wildman–Crippen MR) is 101 cm³/mol. The summed E-state index contributed by atoms with van der Waals surface area (Å²) in [5, 5.41) is 8.16. The predicted octanol–water partition coefficient (Wildman–Crippen LogP) is 2.22. The van der Waals surface area contributed by atoms with Gasteiger partial charge in [-0.25, -0.2) is 4.68 Å². The van der Waals surface area contributed by atoms with Gasteiger partial charge in [0.2, 0.25) is 0 Å². The number of aromatic nitrogens is 3. The Kier molecular flexibility index (Phi) is 5.76. The molecule has 134 valence electrons. The summed E-state index contributed by atoms with van der Waals surface area (Å²) >= 11 is 0. The Balaban J connectivity index is 1.73. The highest BCUT2D eigenvalue weighted by atomic mass is 16.2. The summed E-state index contributed by atoms with van der Waals surface area (Å²) in [5.41, 5.74) is 9.21. The summed E-state index contributed by atoms with van der Waals surface area (Å²) in [6.07, 6.45) is 2.45. The van der Waals surface area contributed by atoms with Crippen molar-refractivity contribution in [2.24, 2.45) is 5.73 Å². The van der Waals surface area contributed by atoms with E-state index < -0.39 is 0 Å². The molecule has 6 nitrogen and oxygen atoms in total. The first-order valence-electron chi connectivity index (χ1n) is 8.70. The van der Waals surface area contributed by atoms with Gasteiger partial charge in [0.25, 0.3) is 5.91 Å². The number of carbonyl (C=O) groups is 1. The molecule has 2 N–H and O–H groups in total. The van der Waals surface area contributed by atoms with Crippen molar-refractivity contribution in [1.82, 2.24) is 19.9 Å². The lowest BCUT2D eigenvalue weighted by molar-refractivity contribution is 0.0756. The van der Waals surface area contributed by atoms with E-state index in [9.17, 15) is 4.79 Å². The lowest BCUT2D eigenvalue weighted by Gasteiger charge is -2.20. The molecule has 1 heterocycles. The van der Waals surface area contributed by atoms with E-state index >= 15 is 0 Å². The summed E-state index contributed by atoms with van der Waals surface area (Å²) < 4.78 is 1.62. The molecular weight excluding hydrogens is 326 g/mol. The molecule has 0 fully saturated rings. The SMILES string of the molecule is Cc1cccc(-n2cc(C(=O)N(CCN)CCc3ccccc3)nn2)c1. The van der Waals surface area contributed by atoms with Crippen LogP contribution in [-0.4, -0.2) is 45.4 Å². The van der Waals surface area contributed by atoms with E-state index in [-0.39, 0.29) is 5.91 Å². The van der Waals surface area contributed by atoms with E-state index in [0.29, 0.717) is 25.3 Å². The van der Waals surface area contributed by atoms with E-state index in [2.05, 4.69) is 22.4 Å². The number of carbonyl (C=O) groups excluding carboxylic acids is 1. The van der Waals surface area contributed by atoms with Crippen LogP contribution < -0.4 is 5.73 Å². The molecule has 1 amide bonds. The van der Waals surface area contributed by atoms with E-state index in [4.69, 9.17) is 5.73 Å². The molecule has 3 aromatic rings. The normalized spacial score (nSPS) is 10.7. The van der Waals surface area contributed by atoms with Crippen molar-refractivity contribution < 1.29 is 4.79 Å². The van der Waals surface area contributed by atoms with Crippen molar-refractivity contribution in [3.05, 3.63) is 77.6 Å². The molecule has 1 aromatic heterocycles. The minimum atomic E-state index is -0.148. The molecule has 0 saturated heterocycles. The van der Waals surface area contributed by atoms with Crippen LogP contribution in [0.25, 0.3) is 5.69 Å². The third kappa shape index (κ3) is 4.34. The summed E-state index contributed by atoms with van der Waals surface area (Å²) in [6.45, 7) is 3.51. The molecule has 0 aliphatic heterocycles. The monoisotopic (exact) mass is 349 g/mol. The number of hydrogen-bond donors (Lipinski definition) is 1. The highest BCUT2D eigenvalue weighted by Gasteiger charge is 2.19. The van der Waals surface area contributed by atoms with Gasteiger partial charge in [-0.1, -0.05) is 47.7 Å². The Morgan fingerprint density at radius 3 is 2.65 bits per heavy atom. The summed E-state index contributed by atoms with van der Waals surface area (Å²) in [6, 6.07) is 18.0. The molecule has 0 spiro atoms. The molecule has 6 heteroatoms. The Morgan fingerprint density at radius 1 is 1.12 bits per heavy atom. The van der Waals surface area contributed by atoms with Gasteiger partial charge in [0, 0.05) is 19.6 Å². The Hall–Kier alpha value is -2.99. The zero-order valence-electron chi connectivity index (χ0n) is 14.9. The molecule has 0 aliphatic rings. The van der Waals surface area contributed by atoms with Gasteiger partial charge in [-0.3, -0.25) is 4.79 Å². The van der Waals surface area contributed by atoms with Crippen molar-refractivity contribution >= 4 is 5.91 Å². The fourth-order valence-corrected chi connectivity index (χ4v) is 2.80. The van der Waals surface area contributed by atoms with Gasteiger partial charge < -0.3 is 10.6 Å². The van der Waals surface area contributed by atoms with E-state index in [1.165, 1.54) is 5.56 Å². The van der Waals surface area contributed by atoms with E-state index in [1.54, 1.807) is 15.8 Å². The minimum absolute atomic E-state index is 0.148. The van der Waals surface area contributed by atoms with Gasteiger partial charge in [0.1, 0.15) is 0 Å². The van der Waals surface area contributed by atoms with Crippen LogP contribution >= 0.6 is 0 Å². The highest BCUT2D eigenvalue weighted by Crippen LogP contribution is 2.11. The molecule has 0 aliphatic carbocycles. The molecule has 0 atom stereocenters. The number of rotatable bonds is 7. The van der Waals surface area contributed by atoms with Crippen molar-refractivity contribution in [2.45, 2.75) is 13.3 Å². The van der Waals surface area contributed by atoms with E-state index in [0.717, 1.165) is 17.7 Å². The number of hydrogen-bond acceptors (Lipinski definition) is 4. The highest BCUT2D eigenvalue weighted by molar-refractivity contribution is 5.92. The number of nitrogens with zero attached hydrogens (tertiary/aromatic N) is 4. The molecule has 0 saturated carbocycles. The average molecular weight is 349 g/mol. The summed E-state index contributed by atoms with van der Waals surface area (Å²) in [4.78, 5) is 14.6. The second kappa shape index (κ2) is 8.40. The Bertz CT molecular complexity index is 859. The molecule has 0 unspecified atom stereocenters. The van der Waals surface area contributed by atoms with Crippen LogP contribution in [0.3, 0.4) is 0 Å². The molecular formula is C20H23N5O. The van der Waals surface area contributed by atoms with Crippen molar-refractivity contribution in [3.8, 4) is 5.69 Å². The first-order valence-corrected chi connectivity index (χ1v) is 8.70. The maximum atomic E-state index is 12.8. The van der Waals surface area contributed by atoms with E-state index in [1.807, 2.05) is 49.4 Å². The lowest BCUT2D eigenvalue weighted by atomic mass is 10.1. The van der Waals surface area contributed by atoms with Gasteiger partial charge in [0.05, 0.1) is 11.9 Å². The summed E-state index contributed by atoms with van der Waals surface area (Å²) in [7, 11) is 0. The zero-order valence-corrected chi connectivity index (χ0v) is 14.9. The number of benzene rings is 2. The molecule has 0 bridgehead atoms. The smallest absolute Gasteiger partial charge is 0.276 e. The average Bonchev–Trinajstić information content (AvgIpc) is 3.16. The van der Waals surface area contributed by atoms with Crippen LogP contribution in [0.1, 0.15) is 21.6 Å². The van der Waals surface area contributed by atoms with Gasteiger partial charge in [-0.05, 0) is 36.6 Å². The number of aryl methyl sites for hydroxylation is 1. The van der Waals surface area contributed by atoms with Gasteiger partial charge in [-0.15, -0.1) is 5.10 Å². The molecule has 26 heavy (non-hydrogen) atoms. The van der Waals surface area contributed by atoms with Crippen molar-refractivity contribution in [1.29, 1.82) is 0 Å². The lowest BCUT2D eigenvalue weighted by Crippen LogP contribution is -2.37. The third-order valence-corrected chi connectivity index (χ3v) is 4.18. The van der Waals surface area contributed by atoms with Crippen molar-refractivity contribution in [3.63, 3.8) is 0 Å². The van der Waals surface area contributed by atoms with Crippen LogP contribution in [0, 0.1) is 6.92 Å². The van der Waals surface area contributed by atoms with Gasteiger partial charge >= 0.3 is 0 Å². The molecule has 3 rings (SSSR count). The first-order chi connectivity index (χ1) is 12.7. The fourth-order valence-electron chi connectivity index (χ4n) is 2.80. The number of nitrogens with two attached hydrogens (primary N) is 1. The van der Waals surface area contributed by atoms with Crippen LogP contribution in [0.5, 0.6) is 0 Å². The largest absolute Gasteiger partial charge is 0.336 e. The van der Waals surface area contributed by atoms with Gasteiger partial charge in [0.15, 0.2) is 5.69 Å². The first kappa shape index (κ1) is 17.8.